The van der Waals surface area contributed by atoms with E-state index >= 15 is 0 Å². The van der Waals surface area contributed by atoms with Crippen LogP contribution in [0.2, 0.25) is 0 Å². The number of nitrogens with zero attached hydrogens (tertiary/aromatic N) is 1. The minimum atomic E-state index is -0.883. The van der Waals surface area contributed by atoms with Crippen molar-refractivity contribution >= 4 is 17.8 Å². The second kappa shape index (κ2) is 5.05. The molecule has 0 aliphatic carbocycles. The molecule has 1 aromatic heterocycles. The lowest BCUT2D eigenvalue weighted by molar-refractivity contribution is -0.135. The van der Waals surface area contributed by atoms with Crippen LogP contribution in [0.15, 0.2) is 24.4 Å². The summed E-state index contributed by atoms with van der Waals surface area (Å²) in [5.41, 5.74) is 1.19. The van der Waals surface area contributed by atoms with Crippen LogP contribution in [0.25, 0.3) is 6.08 Å². The van der Waals surface area contributed by atoms with Gasteiger partial charge in [-0.15, -0.1) is 0 Å². The summed E-state index contributed by atoms with van der Waals surface area (Å²) in [6.45, 7) is 1.47. The molecule has 0 amide bonds. The van der Waals surface area contributed by atoms with Crippen LogP contribution in [0, 0.1) is 0 Å². The molecule has 0 saturated heterocycles. The van der Waals surface area contributed by atoms with Gasteiger partial charge in [-0.05, 0) is 25.1 Å². The van der Waals surface area contributed by atoms with Gasteiger partial charge < -0.3 is 5.11 Å². The highest BCUT2D eigenvalue weighted by Gasteiger charge is 1.98. The number of ketones is 1. The zero-order valence-corrected chi connectivity index (χ0v) is 8.30. The zero-order valence-electron chi connectivity index (χ0n) is 8.30. The highest BCUT2D eigenvalue weighted by atomic mass is 16.4. The monoisotopic (exact) mass is 205 g/mol. The van der Waals surface area contributed by atoms with E-state index in [1.807, 2.05) is 0 Å². The highest BCUT2D eigenvalue weighted by molar-refractivity contribution is 5.93. The lowest BCUT2D eigenvalue weighted by Crippen LogP contribution is -1.93. The first kappa shape index (κ1) is 11.1. The number of hydrogen-bond donors (Lipinski definition) is 1. The minimum Gasteiger partial charge on any atom is -0.481 e. The first-order valence-electron chi connectivity index (χ1n) is 4.45. The van der Waals surface area contributed by atoms with E-state index in [1.165, 1.54) is 19.2 Å². The molecule has 0 aliphatic rings. The normalized spacial score (nSPS) is 10.5. The van der Waals surface area contributed by atoms with Crippen molar-refractivity contribution in [2.75, 3.05) is 0 Å². The number of rotatable bonds is 4. The van der Waals surface area contributed by atoms with Gasteiger partial charge in [0.15, 0.2) is 5.78 Å². The molecule has 1 aromatic rings. The Bertz CT molecular complexity index is 393. The second-order valence-electron chi connectivity index (χ2n) is 3.03. The Morgan fingerprint density at radius 2 is 2.20 bits per heavy atom. The first-order valence-corrected chi connectivity index (χ1v) is 4.45. The van der Waals surface area contributed by atoms with Crippen molar-refractivity contribution in [3.63, 3.8) is 0 Å². The molecule has 1 N–H and O–H groups in total. The van der Waals surface area contributed by atoms with Crippen LogP contribution in [-0.4, -0.2) is 21.8 Å². The molecule has 15 heavy (non-hydrogen) atoms. The average molecular weight is 205 g/mol. The Labute approximate surface area is 87.3 Å². The number of aromatic nitrogens is 1. The van der Waals surface area contributed by atoms with Crippen LogP contribution < -0.4 is 0 Å². The van der Waals surface area contributed by atoms with E-state index in [2.05, 4.69) is 4.98 Å². The topological polar surface area (TPSA) is 67.3 Å². The van der Waals surface area contributed by atoms with Crippen molar-refractivity contribution in [2.24, 2.45) is 0 Å². The summed E-state index contributed by atoms with van der Waals surface area (Å²) in [7, 11) is 0. The van der Waals surface area contributed by atoms with Crippen LogP contribution in [0.3, 0.4) is 0 Å². The van der Waals surface area contributed by atoms with Crippen molar-refractivity contribution in [3.8, 4) is 0 Å². The summed E-state index contributed by atoms with van der Waals surface area (Å²) in [5, 5.41) is 8.39. The lowest BCUT2D eigenvalue weighted by atomic mass is 10.2. The van der Waals surface area contributed by atoms with Gasteiger partial charge in [0.2, 0.25) is 0 Å². The van der Waals surface area contributed by atoms with Gasteiger partial charge in [0.25, 0.3) is 0 Å². The summed E-state index contributed by atoms with van der Waals surface area (Å²) in [6.07, 6.45) is 4.56. The highest BCUT2D eigenvalue weighted by Crippen LogP contribution is 2.03. The summed E-state index contributed by atoms with van der Waals surface area (Å²) in [6, 6.07) is 3.34. The van der Waals surface area contributed by atoms with Crippen LogP contribution in [-0.2, 0) is 4.79 Å². The van der Waals surface area contributed by atoms with Crippen molar-refractivity contribution in [3.05, 3.63) is 35.7 Å². The van der Waals surface area contributed by atoms with E-state index in [-0.39, 0.29) is 12.2 Å². The quantitative estimate of drug-likeness (QED) is 0.760. The smallest absolute Gasteiger partial charge is 0.307 e. The SMILES string of the molecule is CC(=O)c1ccc(C=CCC(=O)O)nc1. The summed E-state index contributed by atoms with van der Waals surface area (Å²) < 4.78 is 0. The Hall–Kier alpha value is -1.97. The van der Waals surface area contributed by atoms with Crippen molar-refractivity contribution in [2.45, 2.75) is 13.3 Å². The van der Waals surface area contributed by atoms with Gasteiger partial charge in [-0.2, -0.15) is 0 Å². The Balaban J connectivity index is 2.68. The van der Waals surface area contributed by atoms with E-state index in [0.717, 1.165) is 0 Å². The van der Waals surface area contributed by atoms with E-state index in [1.54, 1.807) is 18.2 Å². The van der Waals surface area contributed by atoms with E-state index in [0.29, 0.717) is 11.3 Å². The van der Waals surface area contributed by atoms with Gasteiger partial charge >= 0.3 is 5.97 Å². The Kier molecular flexibility index (Phi) is 3.74. The number of carboxylic acid groups (broad SMARTS) is 1. The van der Waals surface area contributed by atoms with Gasteiger partial charge in [-0.25, -0.2) is 0 Å². The van der Waals surface area contributed by atoms with E-state index in [9.17, 15) is 9.59 Å². The average Bonchev–Trinajstić information content (AvgIpc) is 2.18. The molecule has 0 saturated carbocycles. The standard InChI is InChI=1S/C11H11NO3/c1-8(13)9-5-6-10(12-7-9)3-2-4-11(14)15/h2-3,5-7H,4H2,1H3,(H,14,15). The molecule has 0 aliphatic heterocycles. The summed E-state index contributed by atoms with van der Waals surface area (Å²) >= 11 is 0. The third kappa shape index (κ3) is 3.72. The lowest BCUT2D eigenvalue weighted by Gasteiger charge is -1.95. The number of carbonyl (C=O) groups is 2. The molecule has 0 atom stereocenters. The molecule has 4 heteroatoms. The van der Waals surface area contributed by atoms with Crippen LogP contribution in [0.5, 0.6) is 0 Å². The van der Waals surface area contributed by atoms with Crippen LogP contribution >= 0.6 is 0 Å². The van der Waals surface area contributed by atoms with Gasteiger partial charge in [0.1, 0.15) is 0 Å². The Morgan fingerprint density at radius 1 is 1.47 bits per heavy atom. The maximum atomic E-state index is 10.9. The Morgan fingerprint density at radius 3 is 2.67 bits per heavy atom. The van der Waals surface area contributed by atoms with E-state index < -0.39 is 5.97 Å². The predicted octanol–water partition coefficient (Wildman–Crippen LogP) is 1.77. The van der Waals surface area contributed by atoms with Crippen molar-refractivity contribution in [1.29, 1.82) is 0 Å². The molecule has 0 radical (unpaired) electrons. The van der Waals surface area contributed by atoms with Gasteiger partial charge in [0.05, 0.1) is 12.1 Å². The maximum absolute atomic E-state index is 10.9. The molecule has 1 heterocycles. The first-order chi connectivity index (χ1) is 7.09. The molecule has 0 fully saturated rings. The fourth-order valence-electron chi connectivity index (χ4n) is 0.993. The van der Waals surface area contributed by atoms with Crippen molar-refractivity contribution in [1.82, 2.24) is 4.98 Å². The molecular weight excluding hydrogens is 194 g/mol. The van der Waals surface area contributed by atoms with Crippen molar-refractivity contribution < 1.29 is 14.7 Å². The number of Topliss-reactive ketones (excluding diaryl/α,β-unsaturated/α-hetero) is 1. The number of aliphatic carboxylic acids is 1. The molecule has 0 unspecified atom stereocenters. The summed E-state index contributed by atoms with van der Waals surface area (Å²) in [4.78, 5) is 25.1. The number of hydrogen-bond acceptors (Lipinski definition) is 3. The number of pyridine rings is 1. The molecule has 4 nitrogen and oxygen atoms in total. The van der Waals surface area contributed by atoms with Gasteiger partial charge in [-0.1, -0.05) is 6.08 Å². The molecule has 78 valence electrons. The predicted molar refractivity (Wildman–Crippen MR) is 55.5 cm³/mol. The summed E-state index contributed by atoms with van der Waals surface area (Å²) in [5.74, 6) is -0.921. The third-order valence-corrected chi connectivity index (χ3v) is 1.77. The molecule has 1 rings (SSSR count). The number of carbonyl (C=O) groups excluding carboxylic acids is 1. The molecule has 0 aromatic carbocycles. The van der Waals surface area contributed by atoms with Crippen LogP contribution in [0.4, 0.5) is 0 Å². The van der Waals surface area contributed by atoms with Crippen LogP contribution in [0.1, 0.15) is 29.4 Å². The fourth-order valence-corrected chi connectivity index (χ4v) is 0.993. The number of carboxylic acids is 1. The zero-order chi connectivity index (χ0) is 11.3. The molecule has 0 spiro atoms. The maximum Gasteiger partial charge on any atom is 0.307 e. The second-order valence-corrected chi connectivity index (χ2v) is 3.03. The van der Waals surface area contributed by atoms with Gasteiger partial charge in [-0.3, -0.25) is 14.6 Å². The van der Waals surface area contributed by atoms with Gasteiger partial charge in [0, 0.05) is 11.8 Å². The largest absolute Gasteiger partial charge is 0.481 e. The minimum absolute atomic E-state index is 0.0316. The molecular formula is C11H11NO3. The molecule has 0 bridgehead atoms. The fraction of sp³-hybridized carbons (Fsp3) is 0.182. The third-order valence-electron chi connectivity index (χ3n) is 1.77. The van der Waals surface area contributed by atoms with E-state index in [4.69, 9.17) is 5.11 Å².